The summed E-state index contributed by atoms with van der Waals surface area (Å²) in [4.78, 5) is 8.12. The number of aromatic nitrogens is 2. The second-order valence-electron chi connectivity index (χ2n) is 4.85. The van der Waals surface area contributed by atoms with Crippen molar-refractivity contribution in [2.45, 2.75) is 39.2 Å². The van der Waals surface area contributed by atoms with Crippen LogP contribution in [0.4, 0.5) is 5.82 Å². The maximum absolute atomic E-state index is 4.20. The third-order valence-electron chi connectivity index (χ3n) is 3.11. The predicted octanol–water partition coefficient (Wildman–Crippen LogP) is 2.71. The van der Waals surface area contributed by atoms with Crippen LogP contribution in [0.3, 0.4) is 0 Å². The molecule has 1 heterocycles. The van der Waals surface area contributed by atoms with Gasteiger partial charge in [-0.3, -0.25) is 0 Å². The molecule has 1 aliphatic rings. The average molecular weight is 205 g/mol. The molecule has 3 nitrogen and oxygen atoms in total. The van der Waals surface area contributed by atoms with E-state index >= 15 is 0 Å². The second-order valence-corrected chi connectivity index (χ2v) is 4.85. The fourth-order valence-electron chi connectivity index (χ4n) is 2.65. The maximum Gasteiger partial charge on any atom is 0.129 e. The molecule has 1 N–H and O–H groups in total. The summed E-state index contributed by atoms with van der Waals surface area (Å²) in [5.74, 6) is 2.61. The van der Waals surface area contributed by atoms with Crippen molar-refractivity contribution in [3.8, 4) is 0 Å². The molecule has 0 aliphatic heterocycles. The lowest BCUT2D eigenvalue weighted by atomic mass is 9.80. The Morgan fingerprint density at radius 3 is 2.53 bits per heavy atom. The van der Waals surface area contributed by atoms with E-state index in [9.17, 15) is 0 Å². The van der Waals surface area contributed by atoms with Crippen LogP contribution < -0.4 is 5.32 Å². The summed E-state index contributed by atoms with van der Waals surface area (Å²) in [5, 5.41) is 3.49. The van der Waals surface area contributed by atoms with Crippen molar-refractivity contribution in [3.05, 3.63) is 18.6 Å². The lowest BCUT2D eigenvalue weighted by molar-refractivity contribution is 0.280. The summed E-state index contributed by atoms with van der Waals surface area (Å²) in [6, 6.07) is 2.52. The van der Waals surface area contributed by atoms with Gasteiger partial charge in [-0.25, -0.2) is 9.97 Å². The SMILES string of the molecule is CC1CC(C)CC(Nc2ccncn2)C1. The largest absolute Gasteiger partial charge is 0.367 e. The van der Waals surface area contributed by atoms with Crippen LogP contribution in [0.15, 0.2) is 18.6 Å². The van der Waals surface area contributed by atoms with Gasteiger partial charge in [-0.05, 0) is 37.2 Å². The Morgan fingerprint density at radius 1 is 1.20 bits per heavy atom. The number of rotatable bonds is 2. The highest BCUT2D eigenvalue weighted by molar-refractivity contribution is 5.33. The molecule has 1 aromatic rings. The first kappa shape index (κ1) is 10.4. The van der Waals surface area contributed by atoms with E-state index in [1.807, 2.05) is 6.07 Å². The zero-order valence-corrected chi connectivity index (χ0v) is 9.48. The van der Waals surface area contributed by atoms with Gasteiger partial charge in [0, 0.05) is 12.2 Å². The van der Waals surface area contributed by atoms with Gasteiger partial charge in [0.15, 0.2) is 0 Å². The summed E-state index contributed by atoms with van der Waals surface area (Å²) in [7, 11) is 0. The topological polar surface area (TPSA) is 37.8 Å². The molecule has 0 bridgehead atoms. The van der Waals surface area contributed by atoms with Gasteiger partial charge in [-0.2, -0.15) is 0 Å². The monoisotopic (exact) mass is 205 g/mol. The van der Waals surface area contributed by atoms with Crippen LogP contribution in [0.2, 0.25) is 0 Å². The highest BCUT2D eigenvalue weighted by Gasteiger charge is 2.23. The molecule has 15 heavy (non-hydrogen) atoms. The fourth-order valence-corrected chi connectivity index (χ4v) is 2.65. The summed E-state index contributed by atoms with van der Waals surface area (Å²) in [6.07, 6.45) is 7.26. The predicted molar refractivity (Wildman–Crippen MR) is 61.6 cm³/mol. The van der Waals surface area contributed by atoms with Crippen molar-refractivity contribution >= 4 is 5.82 Å². The molecule has 2 rings (SSSR count). The van der Waals surface area contributed by atoms with Gasteiger partial charge in [0.05, 0.1) is 0 Å². The van der Waals surface area contributed by atoms with E-state index in [-0.39, 0.29) is 0 Å². The standard InChI is InChI=1S/C12H19N3/c1-9-5-10(2)7-11(6-9)15-12-3-4-13-8-14-12/h3-4,8-11H,5-7H2,1-2H3,(H,13,14,15). The quantitative estimate of drug-likeness (QED) is 0.806. The van der Waals surface area contributed by atoms with Crippen molar-refractivity contribution in [2.75, 3.05) is 5.32 Å². The van der Waals surface area contributed by atoms with Gasteiger partial charge in [-0.15, -0.1) is 0 Å². The smallest absolute Gasteiger partial charge is 0.129 e. The first-order chi connectivity index (χ1) is 7.24. The number of anilines is 1. The van der Waals surface area contributed by atoms with Crippen LogP contribution in [0, 0.1) is 11.8 Å². The van der Waals surface area contributed by atoms with Gasteiger partial charge in [0.25, 0.3) is 0 Å². The minimum Gasteiger partial charge on any atom is -0.367 e. The average Bonchev–Trinajstić information content (AvgIpc) is 2.17. The molecule has 0 aromatic carbocycles. The lowest BCUT2D eigenvalue weighted by Crippen LogP contribution is -2.30. The van der Waals surface area contributed by atoms with E-state index in [1.54, 1.807) is 12.5 Å². The third kappa shape index (κ3) is 2.91. The molecule has 2 atom stereocenters. The molecule has 1 fully saturated rings. The van der Waals surface area contributed by atoms with Crippen LogP contribution in [-0.4, -0.2) is 16.0 Å². The fraction of sp³-hybridized carbons (Fsp3) is 0.667. The Bertz CT molecular complexity index is 289. The van der Waals surface area contributed by atoms with Gasteiger partial charge in [0.2, 0.25) is 0 Å². The molecule has 82 valence electrons. The molecular weight excluding hydrogens is 186 g/mol. The Morgan fingerprint density at radius 2 is 1.93 bits per heavy atom. The molecule has 1 aromatic heterocycles. The molecule has 1 saturated carbocycles. The molecule has 0 amide bonds. The summed E-state index contributed by atoms with van der Waals surface area (Å²) >= 11 is 0. The van der Waals surface area contributed by atoms with E-state index in [0.29, 0.717) is 6.04 Å². The van der Waals surface area contributed by atoms with Crippen molar-refractivity contribution < 1.29 is 0 Å². The third-order valence-corrected chi connectivity index (χ3v) is 3.11. The molecule has 0 spiro atoms. The Balaban J connectivity index is 1.94. The van der Waals surface area contributed by atoms with Crippen molar-refractivity contribution in [3.63, 3.8) is 0 Å². The van der Waals surface area contributed by atoms with E-state index in [0.717, 1.165) is 17.7 Å². The van der Waals surface area contributed by atoms with Crippen LogP contribution in [0.5, 0.6) is 0 Å². The molecule has 2 unspecified atom stereocenters. The lowest BCUT2D eigenvalue weighted by Gasteiger charge is -2.32. The highest BCUT2D eigenvalue weighted by Crippen LogP contribution is 2.29. The maximum atomic E-state index is 4.20. The number of hydrogen-bond donors (Lipinski definition) is 1. The zero-order chi connectivity index (χ0) is 10.7. The van der Waals surface area contributed by atoms with Crippen LogP contribution in [0.25, 0.3) is 0 Å². The van der Waals surface area contributed by atoms with Crippen LogP contribution >= 0.6 is 0 Å². The van der Waals surface area contributed by atoms with Gasteiger partial charge in [0.1, 0.15) is 12.1 Å². The van der Waals surface area contributed by atoms with Crippen LogP contribution in [0.1, 0.15) is 33.1 Å². The Hall–Kier alpha value is -1.12. The van der Waals surface area contributed by atoms with Crippen molar-refractivity contribution in [2.24, 2.45) is 11.8 Å². The minimum atomic E-state index is 0.582. The molecule has 0 radical (unpaired) electrons. The Labute approximate surface area is 91.3 Å². The summed E-state index contributed by atoms with van der Waals surface area (Å²) < 4.78 is 0. The summed E-state index contributed by atoms with van der Waals surface area (Å²) in [5.41, 5.74) is 0. The van der Waals surface area contributed by atoms with Gasteiger partial charge >= 0.3 is 0 Å². The minimum absolute atomic E-state index is 0.582. The van der Waals surface area contributed by atoms with Gasteiger partial charge < -0.3 is 5.32 Å². The van der Waals surface area contributed by atoms with E-state index in [4.69, 9.17) is 0 Å². The molecule has 0 saturated heterocycles. The van der Waals surface area contributed by atoms with Gasteiger partial charge in [-0.1, -0.05) is 13.8 Å². The number of nitrogens with one attached hydrogen (secondary N) is 1. The highest BCUT2D eigenvalue weighted by atomic mass is 15.0. The molecule has 3 heteroatoms. The van der Waals surface area contributed by atoms with E-state index in [1.165, 1.54) is 19.3 Å². The first-order valence-electron chi connectivity index (χ1n) is 5.76. The van der Waals surface area contributed by atoms with Crippen LogP contribution in [-0.2, 0) is 0 Å². The van der Waals surface area contributed by atoms with E-state index in [2.05, 4.69) is 29.1 Å². The van der Waals surface area contributed by atoms with Crippen molar-refractivity contribution in [1.29, 1.82) is 0 Å². The summed E-state index contributed by atoms with van der Waals surface area (Å²) in [6.45, 7) is 4.68. The normalized spacial score (nSPS) is 31.2. The molecular formula is C12H19N3. The Kier molecular flexibility index (Phi) is 3.19. The zero-order valence-electron chi connectivity index (χ0n) is 9.48. The second kappa shape index (κ2) is 4.60. The number of hydrogen-bond acceptors (Lipinski definition) is 3. The van der Waals surface area contributed by atoms with Crippen molar-refractivity contribution in [1.82, 2.24) is 9.97 Å². The first-order valence-corrected chi connectivity index (χ1v) is 5.76. The van der Waals surface area contributed by atoms with E-state index < -0.39 is 0 Å². The number of nitrogens with zero attached hydrogens (tertiary/aromatic N) is 2. The molecule has 1 aliphatic carbocycles.